The molecule has 0 spiro atoms. The molecule has 1 atom stereocenters. The SMILES string of the molecule is C=C/C(Br)=C\N=C/C[C@@H](O)CCOP=O. The fourth-order valence-electron chi connectivity index (χ4n) is 0.703. The van der Waals surface area contributed by atoms with Gasteiger partial charge in [-0.3, -0.25) is 9.52 Å². The Labute approximate surface area is 99.2 Å². The van der Waals surface area contributed by atoms with E-state index in [1.54, 1.807) is 18.5 Å². The minimum absolute atomic E-state index is 0.270. The molecule has 0 aromatic carbocycles. The van der Waals surface area contributed by atoms with Gasteiger partial charge in [-0.05, 0) is 22.4 Å². The monoisotopic (exact) mass is 293 g/mol. The van der Waals surface area contributed by atoms with Crippen LogP contribution in [0.4, 0.5) is 0 Å². The molecule has 0 aromatic rings. The first kappa shape index (κ1) is 14.6. The number of aliphatic hydroxyl groups excluding tert-OH is 1. The summed E-state index contributed by atoms with van der Waals surface area (Å²) in [6.45, 7) is 3.81. The van der Waals surface area contributed by atoms with Gasteiger partial charge < -0.3 is 5.11 Å². The average Bonchev–Trinajstić information content (AvgIpc) is 2.24. The van der Waals surface area contributed by atoms with Crippen LogP contribution in [0.15, 0.2) is 28.3 Å². The van der Waals surface area contributed by atoms with Crippen molar-refractivity contribution >= 4 is 30.8 Å². The third kappa shape index (κ3) is 9.94. The van der Waals surface area contributed by atoms with Crippen molar-refractivity contribution in [1.82, 2.24) is 0 Å². The zero-order valence-electron chi connectivity index (χ0n) is 8.17. The molecule has 84 valence electrons. The van der Waals surface area contributed by atoms with Gasteiger partial charge in [-0.25, -0.2) is 4.57 Å². The van der Waals surface area contributed by atoms with Gasteiger partial charge in [-0.15, -0.1) is 0 Å². The smallest absolute Gasteiger partial charge is 0.327 e. The van der Waals surface area contributed by atoms with Crippen LogP contribution in [0.2, 0.25) is 0 Å². The van der Waals surface area contributed by atoms with Crippen LogP contribution in [0, 0.1) is 0 Å². The number of hydrogen-bond donors (Lipinski definition) is 1. The van der Waals surface area contributed by atoms with Crippen LogP contribution < -0.4 is 0 Å². The Hall–Kier alpha value is -0.350. The van der Waals surface area contributed by atoms with Crippen LogP contribution in [0.1, 0.15) is 12.8 Å². The number of allylic oxidation sites excluding steroid dienone is 2. The Morgan fingerprint density at radius 1 is 1.73 bits per heavy atom. The van der Waals surface area contributed by atoms with E-state index in [-0.39, 0.29) is 15.3 Å². The van der Waals surface area contributed by atoms with E-state index in [1.165, 1.54) is 0 Å². The predicted molar refractivity (Wildman–Crippen MR) is 64.5 cm³/mol. The molecule has 0 aromatic heterocycles. The van der Waals surface area contributed by atoms with Gasteiger partial charge in [0, 0.05) is 23.3 Å². The van der Waals surface area contributed by atoms with Crippen molar-refractivity contribution < 1.29 is 14.2 Å². The summed E-state index contributed by atoms with van der Waals surface area (Å²) in [5.41, 5.74) is 0. The lowest BCUT2D eigenvalue weighted by Crippen LogP contribution is -2.09. The lowest BCUT2D eigenvalue weighted by Gasteiger charge is -2.04. The van der Waals surface area contributed by atoms with Gasteiger partial charge >= 0.3 is 8.69 Å². The molecular formula is C9H13BrNO3P. The minimum Gasteiger partial charge on any atom is -0.393 e. The molecule has 0 rings (SSSR count). The molecule has 0 aliphatic heterocycles. The second-order valence-corrected chi connectivity index (χ2v) is 3.96. The highest BCUT2D eigenvalue weighted by atomic mass is 79.9. The van der Waals surface area contributed by atoms with Crippen LogP contribution >= 0.6 is 24.6 Å². The van der Waals surface area contributed by atoms with Crippen molar-refractivity contribution in [2.24, 2.45) is 4.99 Å². The van der Waals surface area contributed by atoms with Crippen LogP contribution in [0.3, 0.4) is 0 Å². The van der Waals surface area contributed by atoms with Gasteiger partial charge in [0.05, 0.1) is 12.7 Å². The van der Waals surface area contributed by atoms with Crippen LogP contribution in [0.5, 0.6) is 0 Å². The van der Waals surface area contributed by atoms with Crippen molar-refractivity contribution in [2.75, 3.05) is 6.61 Å². The molecule has 0 amide bonds. The molecule has 0 aliphatic carbocycles. The molecular weight excluding hydrogens is 281 g/mol. The Kier molecular flexibility index (Phi) is 9.94. The number of aliphatic hydroxyl groups is 1. The largest absolute Gasteiger partial charge is 0.393 e. The topological polar surface area (TPSA) is 58.9 Å². The molecule has 0 unspecified atom stereocenters. The number of hydrogen-bond acceptors (Lipinski definition) is 4. The Balaban J connectivity index is 3.65. The molecule has 0 saturated carbocycles. The maximum absolute atomic E-state index is 9.90. The van der Waals surface area contributed by atoms with Gasteiger partial charge in [-0.1, -0.05) is 12.7 Å². The summed E-state index contributed by atoms with van der Waals surface area (Å²) in [5, 5.41) is 9.37. The number of aliphatic imine (C=N–C) groups is 1. The molecule has 0 heterocycles. The minimum atomic E-state index is -0.522. The van der Waals surface area contributed by atoms with Crippen LogP contribution in [-0.2, 0) is 9.09 Å². The van der Waals surface area contributed by atoms with Crippen LogP contribution in [-0.4, -0.2) is 24.0 Å². The van der Waals surface area contributed by atoms with E-state index in [4.69, 9.17) is 0 Å². The van der Waals surface area contributed by atoms with Gasteiger partial charge in [0.1, 0.15) is 0 Å². The van der Waals surface area contributed by atoms with Gasteiger partial charge in [-0.2, -0.15) is 0 Å². The van der Waals surface area contributed by atoms with E-state index >= 15 is 0 Å². The van der Waals surface area contributed by atoms with Crippen molar-refractivity contribution in [1.29, 1.82) is 0 Å². The normalized spacial score (nSPS) is 14.7. The Bertz CT molecular complexity index is 256. The van der Waals surface area contributed by atoms with Crippen molar-refractivity contribution in [2.45, 2.75) is 18.9 Å². The molecule has 0 saturated heterocycles. The molecule has 0 bridgehead atoms. The number of nitrogens with zero attached hydrogens (tertiary/aromatic N) is 1. The highest BCUT2D eigenvalue weighted by Crippen LogP contribution is 2.05. The lowest BCUT2D eigenvalue weighted by molar-refractivity contribution is 0.150. The van der Waals surface area contributed by atoms with E-state index in [0.717, 1.165) is 4.48 Å². The number of rotatable bonds is 8. The maximum Gasteiger partial charge on any atom is 0.327 e. The van der Waals surface area contributed by atoms with E-state index in [0.29, 0.717) is 12.8 Å². The first-order valence-corrected chi connectivity index (χ1v) is 5.85. The third-order valence-electron chi connectivity index (χ3n) is 1.47. The molecule has 1 N–H and O–H groups in total. The predicted octanol–water partition coefficient (Wildman–Crippen LogP) is 2.84. The molecule has 6 heteroatoms. The second kappa shape index (κ2) is 10.2. The fourth-order valence-corrected chi connectivity index (χ4v) is 1.00. The van der Waals surface area contributed by atoms with Crippen molar-refractivity contribution in [3.63, 3.8) is 0 Å². The van der Waals surface area contributed by atoms with Gasteiger partial charge in [0.25, 0.3) is 0 Å². The standard InChI is InChI=1S/C9H13BrNO3P/c1-2-8(10)7-11-5-3-9(12)4-6-14-15-13/h2,5,7,9,12H,1,3-4,6H2/b8-7+,11-5-/t9-/m1/s1. The zero-order chi connectivity index (χ0) is 11.5. The average molecular weight is 294 g/mol. The summed E-state index contributed by atoms with van der Waals surface area (Å²) in [4.78, 5) is 3.94. The van der Waals surface area contributed by atoms with Crippen LogP contribution in [0.25, 0.3) is 0 Å². The molecule has 4 nitrogen and oxygen atoms in total. The van der Waals surface area contributed by atoms with E-state index in [2.05, 4.69) is 32.0 Å². The number of halogens is 1. The first-order valence-electron chi connectivity index (χ1n) is 4.33. The molecule has 15 heavy (non-hydrogen) atoms. The van der Waals surface area contributed by atoms with Gasteiger partial charge in [0.2, 0.25) is 0 Å². The van der Waals surface area contributed by atoms with Crippen molar-refractivity contribution in [3.05, 3.63) is 23.3 Å². The van der Waals surface area contributed by atoms with Gasteiger partial charge in [0.15, 0.2) is 0 Å². The fraction of sp³-hybridized carbons (Fsp3) is 0.444. The summed E-state index contributed by atoms with van der Waals surface area (Å²) in [5.74, 6) is 0. The summed E-state index contributed by atoms with van der Waals surface area (Å²) in [6, 6.07) is 0. The Morgan fingerprint density at radius 3 is 3.07 bits per heavy atom. The molecule has 0 radical (unpaired) electrons. The third-order valence-corrected chi connectivity index (χ3v) is 2.29. The summed E-state index contributed by atoms with van der Waals surface area (Å²) in [7, 11) is -0.354. The van der Waals surface area contributed by atoms with Crippen molar-refractivity contribution in [3.8, 4) is 0 Å². The maximum atomic E-state index is 9.90. The second-order valence-electron chi connectivity index (χ2n) is 2.64. The quantitative estimate of drug-likeness (QED) is 0.324. The summed E-state index contributed by atoms with van der Waals surface area (Å²) >= 11 is 3.21. The van der Waals surface area contributed by atoms with E-state index in [9.17, 15) is 9.67 Å². The zero-order valence-corrected chi connectivity index (χ0v) is 10.7. The highest BCUT2D eigenvalue weighted by Gasteiger charge is 2.01. The van der Waals surface area contributed by atoms with E-state index in [1.807, 2.05) is 0 Å². The summed E-state index contributed by atoms with van der Waals surface area (Å²) in [6.07, 6.45) is 5.17. The lowest BCUT2D eigenvalue weighted by atomic mass is 10.2. The summed E-state index contributed by atoms with van der Waals surface area (Å²) < 4.78 is 15.2. The van der Waals surface area contributed by atoms with E-state index < -0.39 is 6.10 Å². The Morgan fingerprint density at radius 2 is 2.47 bits per heavy atom. The molecule has 0 fully saturated rings. The first-order chi connectivity index (χ1) is 7.20. The highest BCUT2D eigenvalue weighted by molar-refractivity contribution is 9.11. The molecule has 0 aliphatic rings.